The summed E-state index contributed by atoms with van der Waals surface area (Å²) >= 11 is 2.84. The van der Waals surface area contributed by atoms with Crippen LogP contribution in [-0.4, -0.2) is 278 Å². The van der Waals surface area contributed by atoms with Gasteiger partial charge in [-0.1, -0.05) is 111 Å². The van der Waals surface area contributed by atoms with Gasteiger partial charge in [0.15, 0.2) is 11.7 Å². The van der Waals surface area contributed by atoms with E-state index in [0.29, 0.717) is 16.2 Å². The normalized spacial score (nSPS) is 30.0. The molecule has 4 saturated heterocycles. The molecular formula is C74H105NO32S3. The number of Topliss-reactive ketones (excluding diaryl/α,β-unsaturated/α-hetero) is 4. The minimum atomic E-state index is -1.99. The molecule has 0 amide bonds. The van der Waals surface area contributed by atoms with Crippen molar-refractivity contribution in [2.24, 2.45) is 29.4 Å². The number of esters is 2. The molecule has 4 aliphatic heterocycles. The molecule has 0 bridgehead atoms. The summed E-state index contributed by atoms with van der Waals surface area (Å²) in [6, 6.07) is 25.2. The number of aliphatic carboxylic acids is 4. The molecule has 4 heterocycles. The van der Waals surface area contributed by atoms with Crippen LogP contribution in [0.1, 0.15) is 126 Å². The molecular weight excluding hydrogens is 1510 g/mol. The summed E-state index contributed by atoms with van der Waals surface area (Å²) in [5, 5.41) is 158. The van der Waals surface area contributed by atoms with Crippen LogP contribution in [0.3, 0.4) is 0 Å². The monoisotopic (exact) mass is 1620 g/mol. The second-order valence-corrected chi connectivity index (χ2v) is 31.8. The van der Waals surface area contributed by atoms with Crippen molar-refractivity contribution in [3.63, 3.8) is 0 Å². The maximum Gasteiger partial charge on any atom is 0.347 e. The molecule has 616 valence electrons. The van der Waals surface area contributed by atoms with Crippen LogP contribution in [0.4, 0.5) is 0 Å². The average Bonchev–Trinajstić information content (AvgIpc) is 0.759. The molecule has 3 aromatic rings. The fourth-order valence-corrected chi connectivity index (χ4v) is 16.3. The maximum atomic E-state index is 12.4. The van der Waals surface area contributed by atoms with Crippen LogP contribution in [-0.2, 0) is 76.4 Å². The Kier molecular flexibility index (Phi) is 38.6. The number of hydrogen-bond acceptors (Lipinski definition) is 32. The van der Waals surface area contributed by atoms with Gasteiger partial charge in [-0.2, -0.15) is 0 Å². The summed E-state index contributed by atoms with van der Waals surface area (Å²) in [6.07, 6.45) is -21.3. The molecule has 0 aromatic heterocycles. The van der Waals surface area contributed by atoms with Crippen LogP contribution >= 0.6 is 35.3 Å². The van der Waals surface area contributed by atoms with E-state index in [2.05, 4.69) is 0 Å². The summed E-state index contributed by atoms with van der Waals surface area (Å²) in [5.41, 5.74) is 3.99. The number of rotatable bonds is 34. The number of nitrogens with two attached hydrogens (primary N) is 1. The zero-order valence-electron chi connectivity index (χ0n) is 62.1. The number of ketones is 4. The third-order valence-electron chi connectivity index (χ3n) is 19.0. The lowest BCUT2D eigenvalue weighted by Gasteiger charge is -2.47. The molecule has 0 spiro atoms. The maximum absolute atomic E-state index is 12.4. The Bertz CT molecular complexity index is 3480. The summed E-state index contributed by atoms with van der Waals surface area (Å²) in [5.74, 6) is -9.44. The Morgan fingerprint density at radius 3 is 1.15 bits per heavy atom. The highest BCUT2D eigenvalue weighted by Gasteiger charge is 2.58. The third-order valence-corrected chi connectivity index (χ3v) is 22.8. The van der Waals surface area contributed by atoms with Crippen LogP contribution in [0.25, 0.3) is 0 Å². The smallest absolute Gasteiger partial charge is 0.347 e. The van der Waals surface area contributed by atoms with E-state index in [1.807, 2.05) is 51.1 Å². The van der Waals surface area contributed by atoms with Gasteiger partial charge in [-0.3, -0.25) is 19.2 Å². The standard InChI is InChI=1S/C22H30O7S.C21H28O9S.C16H26O9.C15H21NO7S/c1-6-18(27-15(4)23)20(28-16(5)24)19-14(3)13(2)12-22(29-19,21(25)26)30-17-10-8-7-9-11-17;1-12(23)7-8-13(24)9-15-16(25)10-21(20(28)29,31-14-5-3-2-4-6-14)30-19(15)18(27)17(26)11-22;1-8(18)3-4-9(19)5-10-11(20)6-16(2,15(23)24)25-14(10)13(22)12(21)7-17;16-11-9(18)6-15(14(21)22,24-8-4-2-1-3-5-8)23-13(11)12(20)10(19)7-17/h7-11,13-14,18-20H,6,12H2,1-5H3,(H,25,26);2-6,15-19,22,25-27H,7-11H2,1H3,(H,28,29);10-14,17,20-22H,3-7H2,1-2H3,(H,23,24);1-5,9-13,17-20H,6-7,16H2,(H,21,22)/t13-,14-,18-,19?,20-,22+;15-,16-,17-,18-,19?,21+;10-,11-,12-,13-,14?,16-;9-,10-,11-,12-,13?,15+/m1111/s1. The van der Waals surface area contributed by atoms with Gasteiger partial charge in [0, 0.05) is 105 Å². The molecule has 36 heteroatoms. The van der Waals surface area contributed by atoms with Gasteiger partial charge in [-0.25, -0.2) is 19.2 Å². The first-order chi connectivity index (χ1) is 51.5. The van der Waals surface area contributed by atoms with Crippen molar-refractivity contribution in [1.29, 1.82) is 0 Å². The first-order valence-corrected chi connectivity index (χ1v) is 37.9. The molecule has 33 nitrogen and oxygen atoms in total. The zero-order chi connectivity index (χ0) is 82.9. The fourth-order valence-electron chi connectivity index (χ4n) is 12.7. The number of carbonyl (C=O) groups excluding carboxylic acids is 6. The van der Waals surface area contributed by atoms with Gasteiger partial charge in [-0.15, -0.1) is 0 Å². The predicted octanol–water partition coefficient (Wildman–Crippen LogP) is 1.65. The van der Waals surface area contributed by atoms with E-state index in [1.54, 1.807) is 60.7 Å². The van der Waals surface area contributed by atoms with Crippen molar-refractivity contribution >= 4 is 94.2 Å². The number of aliphatic hydroxyl groups excluding tert-OH is 12. The second kappa shape index (κ2) is 44.3. The number of benzene rings is 3. The highest BCUT2D eigenvalue weighted by atomic mass is 32.2. The van der Waals surface area contributed by atoms with Crippen LogP contribution in [0.2, 0.25) is 0 Å². The zero-order valence-corrected chi connectivity index (χ0v) is 64.5. The lowest BCUT2D eigenvalue weighted by atomic mass is 9.77. The molecule has 4 aliphatic rings. The van der Waals surface area contributed by atoms with Crippen molar-refractivity contribution in [3.05, 3.63) is 91.0 Å². The van der Waals surface area contributed by atoms with E-state index in [9.17, 15) is 119 Å². The van der Waals surface area contributed by atoms with Gasteiger partial charge in [0.2, 0.25) is 14.8 Å². The van der Waals surface area contributed by atoms with Crippen molar-refractivity contribution in [1.82, 2.24) is 0 Å². The Labute approximate surface area is 648 Å². The summed E-state index contributed by atoms with van der Waals surface area (Å²) < 4.78 is 34.0. The number of ether oxygens (including phenoxy) is 6. The van der Waals surface area contributed by atoms with Crippen LogP contribution in [0.15, 0.2) is 106 Å². The van der Waals surface area contributed by atoms with E-state index in [0.717, 1.165) is 40.2 Å². The van der Waals surface area contributed by atoms with Gasteiger partial charge >= 0.3 is 35.8 Å². The first-order valence-electron chi connectivity index (χ1n) is 35.5. The highest BCUT2D eigenvalue weighted by Crippen LogP contribution is 2.50. The first kappa shape index (κ1) is 95.9. The molecule has 3 aromatic carbocycles. The average molecular weight is 1620 g/mol. The van der Waals surface area contributed by atoms with Crippen LogP contribution < -0.4 is 5.73 Å². The molecule has 0 radical (unpaired) electrons. The molecule has 24 atom stereocenters. The van der Waals surface area contributed by atoms with Crippen molar-refractivity contribution < 1.29 is 158 Å². The highest BCUT2D eigenvalue weighted by molar-refractivity contribution is 8.01. The third kappa shape index (κ3) is 27.1. The minimum Gasteiger partial charge on any atom is -0.479 e. The Hall–Kier alpha value is -6.47. The number of hydrogen-bond donors (Lipinski definition) is 17. The quantitative estimate of drug-likeness (QED) is 0.0378. The molecule has 0 aliphatic carbocycles. The van der Waals surface area contributed by atoms with E-state index < -0.39 is 185 Å². The Morgan fingerprint density at radius 2 is 0.809 bits per heavy atom. The Balaban J connectivity index is 0.000000311. The van der Waals surface area contributed by atoms with Crippen molar-refractivity contribution in [2.75, 3.05) is 19.8 Å². The molecule has 18 N–H and O–H groups in total. The van der Waals surface area contributed by atoms with Gasteiger partial charge in [0.05, 0.1) is 56.4 Å². The SMILES string of the molecule is CC(=O)CCC(=O)C[C@H]1C([C@H](O)[C@H](O)CO)O[C@@](C)(C(=O)O)C[C@H]1O.CC(=O)CCC(=O)C[C@H]1C([C@H](O)[C@H](O)CO)O[C@@](Sc2ccccc2)(C(=O)O)C[C@H]1O.CC[C@@H](OC(C)=O)[C@@H](OC(C)=O)C1O[C@@](Sc2ccccc2)(C(=O)O)C[C@@H](C)[C@H]1C.N[C@H]1C([C@H](O)[C@H](O)CO)O[C@@](Sc2ccccc2)(C(=O)O)C[C@H]1O. The fraction of sp³-hybridized carbons (Fsp3) is 0.622. The minimum absolute atomic E-state index is 0.0257. The van der Waals surface area contributed by atoms with Crippen molar-refractivity contribution in [2.45, 2.75) is 259 Å². The lowest BCUT2D eigenvalue weighted by Crippen LogP contribution is -2.64. The van der Waals surface area contributed by atoms with Gasteiger partial charge in [0.25, 0.3) is 0 Å². The molecule has 4 unspecified atom stereocenters. The van der Waals surface area contributed by atoms with Gasteiger partial charge < -0.3 is 125 Å². The molecule has 7 rings (SSSR count). The van der Waals surface area contributed by atoms with E-state index in [1.165, 1.54) is 34.6 Å². The molecule has 110 heavy (non-hydrogen) atoms. The summed E-state index contributed by atoms with van der Waals surface area (Å²) in [4.78, 5) is 114. The summed E-state index contributed by atoms with van der Waals surface area (Å²) in [7, 11) is 0. The van der Waals surface area contributed by atoms with Crippen molar-refractivity contribution in [3.8, 4) is 0 Å². The lowest BCUT2D eigenvalue weighted by molar-refractivity contribution is -0.235. The second-order valence-electron chi connectivity index (χ2n) is 27.8. The number of aliphatic hydroxyl groups is 12. The van der Waals surface area contributed by atoms with E-state index in [-0.39, 0.29) is 99.2 Å². The van der Waals surface area contributed by atoms with Crippen LogP contribution in [0, 0.1) is 23.7 Å². The number of thioether (sulfide) groups is 3. The van der Waals surface area contributed by atoms with Crippen LogP contribution in [0.5, 0.6) is 0 Å². The topological polar surface area (TPSA) is 576 Å². The number of carboxylic acid groups (broad SMARTS) is 4. The number of carboxylic acids is 4. The largest absolute Gasteiger partial charge is 0.479 e. The molecule has 4 fully saturated rings. The molecule has 0 saturated carbocycles. The van der Waals surface area contributed by atoms with E-state index in [4.69, 9.17) is 44.4 Å². The van der Waals surface area contributed by atoms with E-state index >= 15 is 0 Å². The van der Waals surface area contributed by atoms with Gasteiger partial charge in [-0.05, 0) is 75.4 Å². The van der Waals surface area contributed by atoms with Gasteiger partial charge in [0.1, 0.15) is 78.1 Å². The Morgan fingerprint density at radius 1 is 0.473 bits per heavy atom. The summed E-state index contributed by atoms with van der Waals surface area (Å²) in [6.45, 7) is 9.79. The number of carbonyl (C=O) groups is 10. The predicted molar refractivity (Wildman–Crippen MR) is 391 cm³/mol.